The second-order valence-corrected chi connectivity index (χ2v) is 5.30. The SMILES string of the molecule is CCCCCNc1cccc2c1Cc1ccccc1O2. The molecule has 1 aliphatic rings. The summed E-state index contributed by atoms with van der Waals surface area (Å²) >= 11 is 0. The van der Waals surface area contributed by atoms with Gasteiger partial charge in [-0.05, 0) is 30.2 Å². The zero-order chi connectivity index (χ0) is 13.8. The fourth-order valence-corrected chi connectivity index (χ4v) is 2.67. The number of unbranched alkanes of at least 4 members (excludes halogenated alkanes) is 2. The lowest BCUT2D eigenvalue weighted by Crippen LogP contribution is -2.09. The molecule has 3 rings (SSSR count). The first-order valence-electron chi connectivity index (χ1n) is 7.50. The van der Waals surface area contributed by atoms with Crippen molar-refractivity contribution in [3.8, 4) is 11.5 Å². The second kappa shape index (κ2) is 6.00. The summed E-state index contributed by atoms with van der Waals surface area (Å²) in [5.74, 6) is 1.98. The van der Waals surface area contributed by atoms with Gasteiger partial charge < -0.3 is 10.1 Å². The molecule has 2 nitrogen and oxygen atoms in total. The molecule has 0 aromatic heterocycles. The summed E-state index contributed by atoms with van der Waals surface area (Å²) in [6.07, 6.45) is 4.70. The zero-order valence-corrected chi connectivity index (χ0v) is 12.0. The van der Waals surface area contributed by atoms with Gasteiger partial charge in [0.1, 0.15) is 11.5 Å². The van der Waals surface area contributed by atoms with Gasteiger partial charge >= 0.3 is 0 Å². The number of fused-ring (bicyclic) bond motifs is 2. The highest BCUT2D eigenvalue weighted by atomic mass is 16.5. The molecule has 2 aromatic carbocycles. The topological polar surface area (TPSA) is 21.3 Å². The number of hydrogen-bond acceptors (Lipinski definition) is 2. The molecule has 2 heteroatoms. The second-order valence-electron chi connectivity index (χ2n) is 5.30. The molecule has 0 aliphatic carbocycles. The van der Waals surface area contributed by atoms with Crippen molar-refractivity contribution in [1.82, 2.24) is 0 Å². The number of nitrogens with one attached hydrogen (secondary N) is 1. The van der Waals surface area contributed by atoms with Crippen LogP contribution in [-0.4, -0.2) is 6.54 Å². The van der Waals surface area contributed by atoms with Crippen LogP contribution in [0.2, 0.25) is 0 Å². The van der Waals surface area contributed by atoms with E-state index in [1.165, 1.54) is 36.1 Å². The third kappa shape index (κ3) is 2.64. The maximum Gasteiger partial charge on any atom is 0.133 e. The van der Waals surface area contributed by atoms with E-state index in [-0.39, 0.29) is 0 Å². The monoisotopic (exact) mass is 267 g/mol. The van der Waals surface area contributed by atoms with Gasteiger partial charge in [0.25, 0.3) is 0 Å². The largest absolute Gasteiger partial charge is 0.457 e. The number of anilines is 1. The number of ether oxygens (including phenoxy) is 1. The maximum absolute atomic E-state index is 6.01. The molecule has 1 N–H and O–H groups in total. The summed E-state index contributed by atoms with van der Waals surface area (Å²) in [5, 5.41) is 3.56. The van der Waals surface area contributed by atoms with Crippen LogP contribution < -0.4 is 10.1 Å². The Morgan fingerprint density at radius 3 is 2.75 bits per heavy atom. The molecule has 0 bridgehead atoms. The molecule has 0 atom stereocenters. The lowest BCUT2D eigenvalue weighted by Gasteiger charge is -2.23. The van der Waals surface area contributed by atoms with E-state index in [2.05, 4.69) is 42.6 Å². The minimum atomic E-state index is 0.947. The van der Waals surface area contributed by atoms with Crippen LogP contribution in [0.5, 0.6) is 11.5 Å². The van der Waals surface area contributed by atoms with Crippen LogP contribution >= 0.6 is 0 Å². The van der Waals surface area contributed by atoms with E-state index in [0.29, 0.717) is 0 Å². The van der Waals surface area contributed by atoms with E-state index in [1.807, 2.05) is 12.1 Å². The highest BCUT2D eigenvalue weighted by molar-refractivity contribution is 5.62. The first-order chi connectivity index (χ1) is 9.88. The lowest BCUT2D eigenvalue weighted by molar-refractivity contribution is 0.460. The molecule has 0 unspecified atom stereocenters. The van der Waals surface area contributed by atoms with Crippen molar-refractivity contribution in [3.63, 3.8) is 0 Å². The average Bonchev–Trinajstić information content (AvgIpc) is 2.50. The Morgan fingerprint density at radius 2 is 1.85 bits per heavy atom. The number of para-hydroxylation sites is 1. The fraction of sp³-hybridized carbons (Fsp3) is 0.333. The quantitative estimate of drug-likeness (QED) is 0.658. The standard InChI is InChI=1S/C18H21NO/c1-2-3-6-12-19-16-9-7-11-18-15(16)13-14-8-4-5-10-17(14)20-18/h4-5,7-11,19H,2-3,6,12-13H2,1H3. The molecule has 0 radical (unpaired) electrons. The first kappa shape index (κ1) is 13.0. The van der Waals surface area contributed by atoms with Gasteiger partial charge in [-0.1, -0.05) is 44.0 Å². The van der Waals surface area contributed by atoms with Gasteiger partial charge in [-0.3, -0.25) is 0 Å². The summed E-state index contributed by atoms with van der Waals surface area (Å²) in [6.45, 7) is 3.26. The molecular formula is C18H21NO. The Kier molecular flexibility index (Phi) is 3.91. The molecule has 0 amide bonds. The van der Waals surface area contributed by atoms with Crippen molar-refractivity contribution in [1.29, 1.82) is 0 Å². The molecule has 104 valence electrons. The van der Waals surface area contributed by atoms with E-state index in [1.54, 1.807) is 0 Å². The fourth-order valence-electron chi connectivity index (χ4n) is 2.67. The molecule has 1 heterocycles. The van der Waals surface area contributed by atoms with Crippen molar-refractivity contribution in [2.24, 2.45) is 0 Å². The average molecular weight is 267 g/mol. The molecule has 2 aromatic rings. The van der Waals surface area contributed by atoms with E-state index in [0.717, 1.165) is 24.5 Å². The third-order valence-electron chi connectivity index (χ3n) is 3.79. The highest BCUT2D eigenvalue weighted by Gasteiger charge is 2.18. The van der Waals surface area contributed by atoms with Gasteiger partial charge in [-0.2, -0.15) is 0 Å². The third-order valence-corrected chi connectivity index (χ3v) is 3.79. The summed E-state index contributed by atoms with van der Waals surface area (Å²) < 4.78 is 6.01. The van der Waals surface area contributed by atoms with Gasteiger partial charge in [-0.15, -0.1) is 0 Å². The van der Waals surface area contributed by atoms with Crippen molar-refractivity contribution in [2.75, 3.05) is 11.9 Å². The predicted molar refractivity (Wildman–Crippen MR) is 83.8 cm³/mol. The van der Waals surface area contributed by atoms with Crippen LogP contribution in [0, 0.1) is 0 Å². The van der Waals surface area contributed by atoms with Gasteiger partial charge in [-0.25, -0.2) is 0 Å². The van der Waals surface area contributed by atoms with Crippen molar-refractivity contribution in [3.05, 3.63) is 53.6 Å². The van der Waals surface area contributed by atoms with Crippen LogP contribution in [0.4, 0.5) is 5.69 Å². The summed E-state index contributed by atoms with van der Waals surface area (Å²) in [5.41, 5.74) is 3.76. The summed E-state index contributed by atoms with van der Waals surface area (Å²) in [6, 6.07) is 14.6. The number of benzene rings is 2. The molecule has 0 fully saturated rings. The first-order valence-corrected chi connectivity index (χ1v) is 7.50. The molecule has 0 spiro atoms. The number of hydrogen-bond donors (Lipinski definition) is 1. The minimum Gasteiger partial charge on any atom is -0.457 e. The maximum atomic E-state index is 6.01. The summed E-state index contributed by atoms with van der Waals surface area (Å²) in [4.78, 5) is 0. The van der Waals surface area contributed by atoms with E-state index in [4.69, 9.17) is 4.74 Å². The Morgan fingerprint density at radius 1 is 1.00 bits per heavy atom. The van der Waals surface area contributed by atoms with Gasteiger partial charge in [0.15, 0.2) is 0 Å². The zero-order valence-electron chi connectivity index (χ0n) is 12.0. The van der Waals surface area contributed by atoms with Crippen LogP contribution in [-0.2, 0) is 6.42 Å². The predicted octanol–water partition coefficient (Wildman–Crippen LogP) is 4.99. The normalized spacial score (nSPS) is 12.2. The lowest BCUT2D eigenvalue weighted by atomic mass is 9.98. The Bertz CT molecular complexity index is 592. The molecule has 0 saturated heterocycles. The Labute approximate surface area is 120 Å². The van der Waals surface area contributed by atoms with Crippen molar-refractivity contribution < 1.29 is 4.74 Å². The molecule has 20 heavy (non-hydrogen) atoms. The van der Waals surface area contributed by atoms with Gasteiger partial charge in [0.05, 0.1) is 0 Å². The Hall–Kier alpha value is -1.96. The minimum absolute atomic E-state index is 0.947. The van der Waals surface area contributed by atoms with E-state index < -0.39 is 0 Å². The van der Waals surface area contributed by atoms with Crippen LogP contribution in [0.25, 0.3) is 0 Å². The van der Waals surface area contributed by atoms with Crippen molar-refractivity contribution in [2.45, 2.75) is 32.6 Å². The van der Waals surface area contributed by atoms with Gasteiger partial charge in [0, 0.05) is 24.2 Å². The van der Waals surface area contributed by atoms with Crippen LogP contribution in [0.1, 0.15) is 37.3 Å². The Balaban J connectivity index is 1.79. The smallest absolute Gasteiger partial charge is 0.133 e. The number of rotatable bonds is 5. The van der Waals surface area contributed by atoms with Gasteiger partial charge in [0.2, 0.25) is 0 Å². The van der Waals surface area contributed by atoms with Crippen LogP contribution in [0.3, 0.4) is 0 Å². The van der Waals surface area contributed by atoms with E-state index >= 15 is 0 Å². The molecular weight excluding hydrogens is 246 g/mol. The van der Waals surface area contributed by atoms with Crippen molar-refractivity contribution >= 4 is 5.69 Å². The molecule has 1 aliphatic heterocycles. The van der Waals surface area contributed by atoms with Crippen LogP contribution in [0.15, 0.2) is 42.5 Å². The molecule has 0 saturated carbocycles. The summed E-state index contributed by atoms with van der Waals surface area (Å²) in [7, 11) is 0. The van der Waals surface area contributed by atoms with E-state index in [9.17, 15) is 0 Å². The highest BCUT2D eigenvalue weighted by Crippen LogP contribution is 2.39.